The molecule has 0 amide bonds. The van der Waals surface area contributed by atoms with Crippen LogP contribution in [0.15, 0.2) is 23.1 Å². The summed E-state index contributed by atoms with van der Waals surface area (Å²) >= 11 is 0. The lowest BCUT2D eigenvalue weighted by molar-refractivity contribution is -0.0435. The zero-order valence-corrected chi connectivity index (χ0v) is 12.5. The highest BCUT2D eigenvalue weighted by Crippen LogP contribution is 2.34. The molecule has 0 saturated carbocycles. The highest BCUT2D eigenvalue weighted by atomic mass is 32.2. The van der Waals surface area contributed by atoms with E-state index >= 15 is 0 Å². The normalized spacial score (nSPS) is 14.0. The van der Waals surface area contributed by atoms with Crippen molar-refractivity contribution >= 4 is 26.3 Å². The van der Waals surface area contributed by atoms with Crippen LogP contribution in [0.5, 0.6) is 0 Å². The molecule has 1 aromatic carbocycles. The highest BCUT2D eigenvalue weighted by Gasteiger charge is 2.48. The second-order valence-corrected chi connectivity index (χ2v) is 7.72. The van der Waals surface area contributed by atoms with Crippen LogP contribution in [0.25, 0.3) is 0 Å². The summed E-state index contributed by atoms with van der Waals surface area (Å²) in [6.45, 7) is 1.68. The first-order chi connectivity index (χ1) is 9.59. The fourth-order valence-corrected chi connectivity index (χ4v) is 3.00. The topological polar surface area (TPSA) is 63.2 Å². The van der Waals surface area contributed by atoms with Gasteiger partial charge in [0, 0.05) is 28.9 Å². The maximum absolute atomic E-state index is 13.1. The van der Waals surface area contributed by atoms with E-state index in [4.69, 9.17) is 0 Å². The van der Waals surface area contributed by atoms with Crippen molar-refractivity contribution in [1.29, 1.82) is 0 Å². The van der Waals surface area contributed by atoms with Crippen LogP contribution in [0.2, 0.25) is 0 Å². The first kappa shape index (κ1) is 17.9. The van der Waals surface area contributed by atoms with E-state index in [1.165, 1.54) is 0 Å². The molecule has 4 nitrogen and oxygen atoms in total. The first-order valence-corrected chi connectivity index (χ1v) is 8.76. The SMILES string of the molecule is CC[S@@](=O)CCNc1ccc(F)cc1S(=O)(=O)C(F)(F)F. The summed E-state index contributed by atoms with van der Waals surface area (Å²) in [6.07, 6.45) is 0. The van der Waals surface area contributed by atoms with Gasteiger partial charge in [0.2, 0.25) is 0 Å². The van der Waals surface area contributed by atoms with E-state index in [9.17, 15) is 30.2 Å². The van der Waals surface area contributed by atoms with Gasteiger partial charge in [0.15, 0.2) is 0 Å². The van der Waals surface area contributed by atoms with Crippen molar-refractivity contribution < 1.29 is 30.2 Å². The average molecular weight is 347 g/mol. The van der Waals surface area contributed by atoms with E-state index in [0.717, 1.165) is 12.1 Å². The van der Waals surface area contributed by atoms with E-state index in [1.54, 1.807) is 6.92 Å². The molecule has 120 valence electrons. The third-order valence-electron chi connectivity index (χ3n) is 2.51. The van der Waals surface area contributed by atoms with Gasteiger partial charge >= 0.3 is 5.51 Å². The van der Waals surface area contributed by atoms with Crippen LogP contribution in [0, 0.1) is 5.82 Å². The summed E-state index contributed by atoms with van der Waals surface area (Å²) in [4.78, 5) is -1.18. The average Bonchev–Trinajstić information content (AvgIpc) is 2.38. The number of hydrogen-bond acceptors (Lipinski definition) is 4. The Kier molecular flexibility index (Phi) is 5.74. The van der Waals surface area contributed by atoms with Gasteiger partial charge < -0.3 is 5.32 Å². The molecule has 1 atom stereocenters. The number of anilines is 1. The minimum absolute atomic E-state index is 0.00641. The van der Waals surface area contributed by atoms with Crippen LogP contribution in [-0.4, -0.2) is 36.2 Å². The maximum atomic E-state index is 13.1. The molecule has 0 radical (unpaired) electrons. The number of alkyl halides is 3. The van der Waals surface area contributed by atoms with E-state index < -0.39 is 36.9 Å². The Balaban J connectivity index is 3.10. The predicted molar refractivity (Wildman–Crippen MR) is 71.7 cm³/mol. The van der Waals surface area contributed by atoms with Gasteiger partial charge in [-0.3, -0.25) is 4.21 Å². The molecule has 0 fully saturated rings. The highest BCUT2D eigenvalue weighted by molar-refractivity contribution is 7.92. The summed E-state index contributed by atoms with van der Waals surface area (Å²) in [6, 6.07) is 2.05. The summed E-state index contributed by atoms with van der Waals surface area (Å²) < 4.78 is 84.7. The maximum Gasteiger partial charge on any atom is 0.501 e. The van der Waals surface area contributed by atoms with Gasteiger partial charge in [0.1, 0.15) is 10.7 Å². The van der Waals surface area contributed by atoms with Gasteiger partial charge in [0.05, 0.1) is 5.69 Å². The third-order valence-corrected chi connectivity index (χ3v) is 5.33. The van der Waals surface area contributed by atoms with Crippen molar-refractivity contribution in [2.45, 2.75) is 17.3 Å². The molecular formula is C11H13F4NO3S2. The second kappa shape index (κ2) is 6.73. The molecule has 0 aliphatic carbocycles. The Hall–Kier alpha value is -1.16. The first-order valence-electron chi connectivity index (χ1n) is 5.79. The Morgan fingerprint density at radius 2 is 1.90 bits per heavy atom. The number of benzene rings is 1. The van der Waals surface area contributed by atoms with Crippen LogP contribution in [0.3, 0.4) is 0 Å². The van der Waals surface area contributed by atoms with Gasteiger partial charge in [-0.05, 0) is 18.2 Å². The van der Waals surface area contributed by atoms with Crippen molar-refractivity contribution in [2.75, 3.05) is 23.4 Å². The Bertz CT molecular complexity index is 629. The summed E-state index contributed by atoms with van der Waals surface area (Å²) in [5.74, 6) is -0.585. The van der Waals surface area contributed by atoms with Crippen molar-refractivity contribution in [3.05, 3.63) is 24.0 Å². The molecule has 1 N–H and O–H groups in total. The van der Waals surface area contributed by atoms with Crippen molar-refractivity contribution in [2.24, 2.45) is 0 Å². The van der Waals surface area contributed by atoms with Crippen molar-refractivity contribution in [3.63, 3.8) is 0 Å². The molecule has 0 aliphatic heterocycles. The Labute approximate surface area is 121 Å². The predicted octanol–water partition coefficient (Wildman–Crippen LogP) is 2.30. The van der Waals surface area contributed by atoms with E-state index in [1.807, 2.05) is 0 Å². The number of rotatable bonds is 6. The second-order valence-electron chi connectivity index (χ2n) is 3.95. The molecule has 10 heteroatoms. The zero-order valence-electron chi connectivity index (χ0n) is 10.9. The van der Waals surface area contributed by atoms with E-state index in [0.29, 0.717) is 11.8 Å². The quantitative estimate of drug-likeness (QED) is 0.802. The van der Waals surface area contributed by atoms with Gasteiger partial charge in [-0.25, -0.2) is 12.8 Å². The molecule has 1 aromatic rings. The van der Waals surface area contributed by atoms with E-state index in [-0.39, 0.29) is 18.0 Å². The zero-order chi connectivity index (χ0) is 16.3. The molecule has 0 unspecified atom stereocenters. The molecule has 0 saturated heterocycles. The smallest absolute Gasteiger partial charge is 0.383 e. The molecule has 0 aliphatic rings. The number of halogens is 4. The van der Waals surface area contributed by atoms with Crippen LogP contribution in [0.1, 0.15) is 6.92 Å². The molecule has 1 rings (SSSR count). The van der Waals surface area contributed by atoms with Crippen LogP contribution in [-0.2, 0) is 20.6 Å². The van der Waals surface area contributed by atoms with Gasteiger partial charge in [0.25, 0.3) is 9.84 Å². The number of hydrogen-bond donors (Lipinski definition) is 1. The third kappa shape index (κ3) is 4.40. The van der Waals surface area contributed by atoms with Gasteiger partial charge in [-0.2, -0.15) is 13.2 Å². The van der Waals surface area contributed by atoms with Crippen LogP contribution < -0.4 is 5.32 Å². The van der Waals surface area contributed by atoms with E-state index in [2.05, 4.69) is 5.32 Å². The lowest BCUT2D eigenvalue weighted by atomic mass is 10.3. The van der Waals surface area contributed by atoms with Crippen molar-refractivity contribution in [1.82, 2.24) is 0 Å². The number of nitrogens with one attached hydrogen (secondary N) is 1. The van der Waals surface area contributed by atoms with Crippen LogP contribution in [0.4, 0.5) is 23.2 Å². The molecular weight excluding hydrogens is 334 g/mol. The summed E-state index contributed by atoms with van der Waals surface area (Å²) in [5.41, 5.74) is -5.90. The van der Waals surface area contributed by atoms with Gasteiger partial charge in [-0.15, -0.1) is 0 Å². The standard InChI is InChI=1S/C11H13F4NO3S2/c1-2-20(17)6-5-16-9-4-3-8(12)7-10(9)21(18,19)11(13,14)15/h3-4,7,16H,2,5-6H2,1H3/t20-/m1/s1. The lowest BCUT2D eigenvalue weighted by Gasteiger charge is -2.14. The molecule has 21 heavy (non-hydrogen) atoms. The molecule has 0 heterocycles. The fourth-order valence-electron chi connectivity index (χ4n) is 1.43. The largest absolute Gasteiger partial charge is 0.501 e. The lowest BCUT2D eigenvalue weighted by Crippen LogP contribution is -2.25. The summed E-state index contributed by atoms with van der Waals surface area (Å²) in [7, 11) is -6.82. The molecule has 0 bridgehead atoms. The van der Waals surface area contributed by atoms with Crippen LogP contribution >= 0.6 is 0 Å². The van der Waals surface area contributed by atoms with Gasteiger partial charge in [-0.1, -0.05) is 6.92 Å². The monoisotopic (exact) mass is 347 g/mol. The minimum Gasteiger partial charge on any atom is -0.383 e. The fraction of sp³-hybridized carbons (Fsp3) is 0.455. The van der Waals surface area contributed by atoms with Crippen molar-refractivity contribution in [3.8, 4) is 0 Å². The molecule has 0 spiro atoms. The number of sulfone groups is 1. The summed E-state index contributed by atoms with van der Waals surface area (Å²) in [5, 5.41) is 2.45. The minimum atomic E-state index is -5.66. The Morgan fingerprint density at radius 3 is 2.43 bits per heavy atom. The molecule has 0 aromatic heterocycles. The Morgan fingerprint density at radius 1 is 1.29 bits per heavy atom.